The fraction of sp³-hybridized carbons (Fsp3) is 0.200. The summed E-state index contributed by atoms with van der Waals surface area (Å²) < 4.78 is 5.27. The molecule has 0 aliphatic rings. The smallest absolute Gasteiger partial charge is 0.134 e. The van der Waals surface area contributed by atoms with Gasteiger partial charge in [-0.2, -0.15) is 5.26 Å². The Morgan fingerprint density at radius 1 is 1.29 bits per heavy atom. The minimum absolute atomic E-state index is 0.512. The van der Waals surface area contributed by atoms with Crippen molar-refractivity contribution in [3.8, 4) is 17.3 Å². The van der Waals surface area contributed by atoms with Crippen LogP contribution in [0.1, 0.15) is 30.2 Å². The lowest BCUT2D eigenvalue weighted by molar-refractivity contribution is 0.557. The van der Waals surface area contributed by atoms with Crippen LogP contribution in [-0.2, 0) is 6.42 Å². The molecule has 0 fully saturated rings. The monoisotopic (exact) mass is 334 g/mol. The van der Waals surface area contributed by atoms with Crippen molar-refractivity contribution in [1.82, 2.24) is 4.98 Å². The minimum Gasteiger partial charge on any atom is -0.465 e. The SMILES string of the molecule is CC(C)Cc1ccc(-c2csc(C(C#N)=Cc3ccco3)n2)cc1. The summed E-state index contributed by atoms with van der Waals surface area (Å²) in [6.07, 6.45) is 4.38. The van der Waals surface area contributed by atoms with Gasteiger partial charge in [-0.25, -0.2) is 4.98 Å². The number of furan rings is 1. The zero-order valence-corrected chi connectivity index (χ0v) is 14.5. The Morgan fingerprint density at radius 2 is 2.08 bits per heavy atom. The van der Waals surface area contributed by atoms with E-state index in [-0.39, 0.29) is 0 Å². The number of hydrogen-bond donors (Lipinski definition) is 0. The number of nitrogens with zero attached hydrogens (tertiary/aromatic N) is 2. The van der Waals surface area contributed by atoms with Crippen molar-refractivity contribution < 1.29 is 4.42 Å². The van der Waals surface area contributed by atoms with Gasteiger partial charge in [-0.05, 0) is 30.0 Å². The van der Waals surface area contributed by atoms with Crippen LogP contribution < -0.4 is 0 Å². The summed E-state index contributed by atoms with van der Waals surface area (Å²) in [6, 6.07) is 14.3. The van der Waals surface area contributed by atoms with Gasteiger partial charge in [0.1, 0.15) is 16.8 Å². The summed E-state index contributed by atoms with van der Waals surface area (Å²) in [7, 11) is 0. The van der Waals surface area contributed by atoms with E-state index in [0.717, 1.165) is 17.7 Å². The van der Waals surface area contributed by atoms with Crippen LogP contribution in [0.2, 0.25) is 0 Å². The van der Waals surface area contributed by atoms with Gasteiger partial charge >= 0.3 is 0 Å². The van der Waals surface area contributed by atoms with E-state index in [1.165, 1.54) is 16.9 Å². The minimum atomic E-state index is 0.512. The predicted molar refractivity (Wildman–Crippen MR) is 98.3 cm³/mol. The maximum atomic E-state index is 9.39. The van der Waals surface area contributed by atoms with Gasteiger partial charge in [-0.1, -0.05) is 38.1 Å². The Bertz CT molecular complexity index is 865. The molecule has 0 amide bonds. The highest BCUT2D eigenvalue weighted by atomic mass is 32.1. The van der Waals surface area contributed by atoms with Crippen molar-refractivity contribution in [3.05, 3.63) is 64.4 Å². The maximum absolute atomic E-state index is 9.39. The van der Waals surface area contributed by atoms with E-state index < -0.39 is 0 Å². The van der Waals surface area contributed by atoms with E-state index in [4.69, 9.17) is 4.42 Å². The fourth-order valence-electron chi connectivity index (χ4n) is 2.47. The van der Waals surface area contributed by atoms with Crippen molar-refractivity contribution in [2.45, 2.75) is 20.3 Å². The van der Waals surface area contributed by atoms with Gasteiger partial charge in [-0.15, -0.1) is 11.3 Å². The molecule has 3 aromatic rings. The summed E-state index contributed by atoms with van der Waals surface area (Å²) in [5, 5.41) is 12.1. The Hall–Kier alpha value is -2.64. The number of hydrogen-bond acceptors (Lipinski definition) is 4. The molecular weight excluding hydrogens is 316 g/mol. The molecule has 0 saturated carbocycles. The third-order valence-electron chi connectivity index (χ3n) is 3.58. The first-order valence-corrected chi connectivity index (χ1v) is 8.74. The predicted octanol–water partition coefficient (Wildman–Crippen LogP) is 5.67. The number of nitriles is 1. The standard InChI is InChI=1S/C20H18N2OS/c1-14(2)10-15-5-7-16(8-6-15)19-13-24-20(22-19)17(12-21)11-18-4-3-9-23-18/h3-9,11,13-14H,10H2,1-2H3. The van der Waals surface area contributed by atoms with Crippen LogP contribution >= 0.6 is 11.3 Å². The molecule has 0 spiro atoms. The van der Waals surface area contributed by atoms with E-state index in [9.17, 15) is 5.26 Å². The third kappa shape index (κ3) is 3.81. The normalized spacial score (nSPS) is 11.7. The molecule has 2 heterocycles. The summed E-state index contributed by atoms with van der Waals surface area (Å²) in [4.78, 5) is 4.61. The Labute approximate surface area is 145 Å². The first-order valence-electron chi connectivity index (χ1n) is 7.86. The highest BCUT2D eigenvalue weighted by molar-refractivity contribution is 7.11. The van der Waals surface area contributed by atoms with E-state index in [0.29, 0.717) is 22.3 Å². The second kappa shape index (κ2) is 7.29. The maximum Gasteiger partial charge on any atom is 0.134 e. The summed E-state index contributed by atoms with van der Waals surface area (Å²) in [5.41, 5.74) is 3.81. The summed E-state index contributed by atoms with van der Waals surface area (Å²) in [6.45, 7) is 4.44. The Balaban J connectivity index is 1.84. The van der Waals surface area contributed by atoms with Gasteiger partial charge in [-0.3, -0.25) is 0 Å². The second-order valence-corrected chi connectivity index (χ2v) is 6.88. The largest absolute Gasteiger partial charge is 0.465 e. The van der Waals surface area contributed by atoms with Gasteiger partial charge in [0.25, 0.3) is 0 Å². The second-order valence-electron chi connectivity index (χ2n) is 6.02. The zero-order valence-electron chi connectivity index (χ0n) is 13.7. The molecule has 0 saturated heterocycles. The van der Waals surface area contributed by atoms with Gasteiger partial charge in [0.2, 0.25) is 0 Å². The number of thiazole rings is 1. The molecule has 0 radical (unpaired) electrons. The quantitative estimate of drug-likeness (QED) is 0.565. The van der Waals surface area contributed by atoms with Crippen LogP contribution in [0.3, 0.4) is 0 Å². The molecule has 2 aromatic heterocycles. The number of benzene rings is 1. The highest BCUT2D eigenvalue weighted by Crippen LogP contribution is 2.27. The fourth-order valence-corrected chi connectivity index (χ4v) is 3.27. The van der Waals surface area contributed by atoms with Crippen molar-refractivity contribution >= 4 is 23.0 Å². The van der Waals surface area contributed by atoms with Crippen LogP contribution in [0.15, 0.2) is 52.5 Å². The molecule has 120 valence electrons. The molecule has 0 bridgehead atoms. The van der Waals surface area contributed by atoms with Gasteiger partial charge in [0.05, 0.1) is 17.5 Å². The molecule has 0 atom stereocenters. The first kappa shape index (κ1) is 16.2. The van der Waals surface area contributed by atoms with E-state index >= 15 is 0 Å². The van der Waals surface area contributed by atoms with E-state index in [1.54, 1.807) is 18.4 Å². The Kier molecular flexibility index (Phi) is 4.93. The molecule has 0 aliphatic carbocycles. The molecular formula is C20H18N2OS. The van der Waals surface area contributed by atoms with Gasteiger partial charge in [0.15, 0.2) is 0 Å². The molecule has 3 nitrogen and oxygen atoms in total. The van der Waals surface area contributed by atoms with Crippen LogP contribution in [0, 0.1) is 17.2 Å². The first-order chi connectivity index (χ1) is 11.7. The lowest BCUT2D eigenvalue weighted by atomic mass is 10.0. The van der Waals surface area contributed by atoms with Crippen LogP contribution in [0.25, 0.3) is 22.9 Å². The van der Waals surface area contributed by atoms with E-state index in [2.05, 4.69) is 49.2 Å². The molecule has 4 heteroatoms. The van der Waals surface area contributed by atoms with Crippen LogP contribution in [0.4, 0.5) is 0 Å². The van der Waals surface area contributed by atoms with Crippen molar-refractivity contribution in [2.75, 3.05) is 0 Å². The average Bonchev–Trinajstić information content (AvgIpc) is 3.24. The van der Waals surface area contributed by atoms with Crippen molar-refractivity contribution in [3.63, 3.8) is 0 Å². The van der Waals surface area contributed by atoms with Crippen molar-refractivity contribution in [2.24, 2.45) is 5.92 Å². The van der Waals surface area contributed by atoms with Gasteiger partial charge < -0.3 is 4.42 Å². The third-order valence-corrected chi connectivity index (χ3v) is 4.45. The highest BCUT2D eigenvalue weighted by Gasteiger charge is 2.10. The molecule has 3 rings (SSSR count). The average molecular weight is 334 g/mol. The molecule has 1 aromatic carbocycles. The van der Waals surface area contributed by atoms with Gasteiger partial charge in [0, 0.05) is 17.0 Å². The molecule has 24 heavy (non-hydrogen) atoms. The molecule has 0 aliphatic heterocycles. The number of allylic oxidation sites excluding steroid dienone is 1. The van der Waals surface area contributed by atoms with Crippen molar-refractivity contribution in [1.29, 1.82) is 5.26 Å². The molecule has 0 unspecified atom stereocenters. The summed E-state index contributed by atoms with van der Waals surface area (Å²) >= 11 is 1.47. The lowest BCUT2D eigenvalue weighted by Gasteiger charge is -2.05. The number of aromatic nitrogens is 1. The zero-order chi connectivity index (χ0) is 16.9. The van der Waals surface area contributed by atoms with Crippen LogP contribution in [-0.4, -0.2) is 4.98 Å². The van der Waals surface area contributed by atoms with E-state index in [1.807, 2.05) is 11.4 Å². The lowest BCUT2D eigenvalue weighted by Crippen LogP contribution is -1.93. The molecule has 0 N–H and O–H groups in total. The number of rotatable bonds is 5. The Morgan fingerprint density at radius 3 is 2.71 bits per heavy atom. The topological polar surface area (TPSA) is 49.8 Å². The van der Waals surface area contributed by atoms with Crippen LogP contribution in [0.5, 0.6) is 0 Å². The summed E-state index contributed by atoms with van der Waals surface area (Å²) in [5.74, 6) is 1.30.